The number of ether oxygens (including phenoxy) is 2. The van der Waals surface area contributed by atoms with Gasteiger partial charge in [-0.25, -0.2) is 9.97 Å². The summed E-state index contributed by atoms with van der Waals surface area (Å²) in [6.45, 7) is 5.30. The molecule has 0 unspecified atom stereocenters. The third kappa shape index (κ3) is 5.56. The number of piperazine rings is 1. The number of nitrogens with one attached hydrogen (secondary N) is 1. The Kier molecular flexibility index (Phi) is 7.43. The SMILES string of the molecule is CN=C(NCc1cccc(OCCOC)c1)N1CCN(c2ncccn2)CC1. The van der Waals surface area contributed by atoms with Gasteiger partial charge in [0.2, 0.25) is 5.95 Å². The lowest BCUT2D eigenvalue weighted by atomic mass is 10.2. The molecule has 0 radical (unpaired) electrons. The van der Waals surface area contributed by atoms with Gasteiger partial charge in [-0.3, -0.25) is 4.99 Å². The predicted molar refractivity (Wildman–Crippen MR) is 110 cm³/mol. The highest BCUT2D eigenvalue weighted by Gasteiger charge is 2.20. The molecule has 3 rings (SSSR count). The minimum absolute atomic E-state index is 0.546. The van der Waals surface area contributed by atoms with Gasteiger partial charge in [0.05, 0.1) is 6.61 Å². The van der Waals surface area contributed by atoms with E-state index in [-0.39, 0.29) is 0 Å². The minimum atomic E-state index is 0.546. The van der Waals surface area contributed by atoms with Crippen LogP contribution in [0.5, 0.6) is 5.75 Å². The molecule has 28 heavy (non-hydrogen) atoms. The molecule has 2 aromatic rings. The zero-order chi connectivity index (χ0) is 19.6. The number of anilines is 1. The van der Waals surface area contributed by atoms with Crippen molar-refractivity contribution in [1.29, 1.82) is 0 Å². The van der Waals surface area contributed by atoms with Gasteiger partial charge in [-0.15, -0.1) is 0 Å². The summed E-state index contributed by atoms with van der Waals surface area (Å²) >= 11 is 0. The Morgan fingerprint density at radius 2 is 1.89 bits per heavy atom. The monoisotopic (exact) mass is 384 g/mol. The number of hydrogen-bond donors (Lipinski definition) is 1. The number of methoxy groups -OCH3 is 1. The van der Waals surface area contributed by atoms with Gasteiger partial charge in [0.15, 0.2) is 5.96 Å². The van der Waals surface area contributed by atoms with E-state index in [4.69, 9.17) is 9.47 Å². The smallest absolute Gasteiger partial charge is 0.225 e. The van der Waals surface area contributed by atoms with Crippen molar-refractivity contribution in [1.82, 2.24) is 20.2 Å². The first-order valence-corrected chi connectivity index (χ1v) is 9.48. The Bertz CT molecular complexity index is 747. The Balaban J connectivity index is 1.49. The van der Waals surface area contributed by atoms with E-state index in [1.165, 1.54) is 0 Å². The lowest BCUT2D eigenvalue weighted by Gasteiger charge is -2.36. The van der Waals surface area contributed by atoms with Gasteiger partial charge in [-0.2, -0.15) is 0 Å². The molecule has 0 bridgehead atoms. The molecule has 0 amide bonds. The molecule has 0 atom stereocenters. The van der Waals surface area contributed by atoms with Gasteiger partial charge < -0.3 is 24.6 Å². The summed E-state index contributed by atoms with van der Waals surface area (Å²) in [4.78, 5) is 17.6. The Morgan fingerprint density at radius 1 is 1.11 bits per heavy atom. The molecule has 1 aliphatic rings. The summed E-state index contributed by atoms with van der Waals surface area (Å²) in [6, 6.07) is 9.91. The number of nitrogens with zero attached hydrogens (tertiary/aromatic N) is 5. The number of aromatic nitrogens is 2. The lowest BCUT2D eigenvalue weighted by molar-refractivity contribution is 0.146. The van der Waals surface area contributed by atoms with Gasteiger partial charge in [0.1, 0.15) is 12.4 Å². The topological polar surface area (TPSA) is 75.1 Å². The largest absolute Gasteiger partial charge is 0.491 e. The maximum absolute atomic E-state index is 5.68. The van der Waals surface area contributed by atoms with E-state index in [2.05, 4.69) is 36.1 Å². The van der Waals surface area contributed by atoms with Crippen molar-refractivity contribution in [3.05, 3.63) is 48.3 Å². The van der Waals surface area contributed by atoms with Gasteiger partial charge in [0, 0.05) is 59.3 Å². The number of guanidine groups is 1. The van der Waals surface area contributed by atoms with Crippen LogP contribution in [0.25, 0.3) is 0 Å². The molecule has 8 nitrogen and oxygen atoms in total. The Labute approximate surface area is 166 Å². The van der Waals surface area contributed by atoms with Crippen LogP contribution in [0.15, 0.2) is 47.7 Å². The van der Waals surface area contributed by atoms with E-state index < -0.39 is 0 Å². The van der Waals surface area contributed by atoms with Crippen LogP contribution >= 0.6 is 0 Å². The highest BCUT2D eigenvalue weighted by Crippen LogP contribution is 2.14. The number of hydrogen-bond acceptors (Lipinski definition) is 6. The number of rotatable bonds is 7. The van der Waals surface area contributed by atoms with Crippen LogP contribution in [-0.2, 0) is 11.3 Å². The van der Waals surface area contributed by atoms with Crippen molar-refractivity contribution < 1.29 is 9.47 Å². The second kappa shape index (κ2) is 10.5. The van der Waals surface area contributed by atoms with E-state index in [1.807, 2.05) is 31.3 Å². The standard InChI is InChI=1S/C20H28N6O2/c1-21-19(24-16-17-5-3-6-18(15-17)28-14-13-27-2)25-9-11-26(12-10-25)20-22-7-4-8-23-20/h3-8,15H,9-14,16H2,1-2H3,(H,21,24). The molecule has 1 N–H and O–H groups in total. The fraction of sp³-hybridized carbons (Fsp3) is 0.450. The molecule has 1 fully saturated rings. The van der Waals surface area contributed by atoms with Crippen LogP contribution in [0.3, 0.4) is 0 Å². The first-order chi connectivity index (χ1) is 13.8. The Morgan fingerprint density at radius 3 is 2.61 bits per heavy atom. The maximum Gasteiger partial charge on any atom is 0.225 e. The van der Waals surface area contributed by atoms with Gasteiger partial charge in [-0.05, 0) is 23.8 Å². The Hall–Kier alpha value is -2.87. The van der Waals surface area contributed by atoms with E-state index in [0.29, 0.717) is 19.8 Å². The number of aliphatic imine (C=N–C) groups is 1. The van der Waals surface area contributed by atoms with Crippen molar-refractivity contribution in [2.45, 2.75) is 6.54 Å². The normalized spacial score (nSPS) is 14.9. The van der Waals surface area contributed by atoms with Gasteiger partial charge >= 0.3 is 0 Å². The summed E-state index contributed by atoms with van der Waals surface area (Å²) in [5, 5.41) is 3.45. The van der Waals surface area contributed by atoms with Gasteiger partial charge in [0.25, 0.3) is 0 Å². The predicted octanol–water partition coefficient (Wildman–Crippen LogP) is 1.40. The number of benzene rings is 1. The zero-order valence-electron chi connectivity index (χ0n) is 16.5. The van der Waals surface area contributed by atoms with Crippen LogP contribution in [0, 0.1) is 0 Å². The van der Waals surface area contributed by atoms with Crippen LogP contribution in [0.4, 0.5) is 5.95 Å². The van der Waals surface area contributed by atoms with Crippen molar-refractivity contribution in [3.8, 4) is 5.75 Å². The van der Waals surface area contributed by atoms with Crippen molar-refractivity contribution in [3.63, 3.8) is 0 Å². The van der Waals surface area contributed by atoms with Crippen molar-refractivity contribution in [2.24, 2.45) is 4.99 Å². The quantitative estimate of drug-likeness (QED) is 0.439. The van der Waals surface area contributed by atoms with Crippen molar-refractivity contribution in [2.75, 3.05) is 58.5 Å². The molecule has 2 heterocycles. The zero-order valence-corrected chi connectivity index (χ0v) is 16.5. The summed E-state index contributed by atoms with van der Waals surface area (Å²) in [5.41, 5.74) is 1.15. The summed E-state index contributed by atoms with van der Waals surface area (Å²) < 4.78 is 10.7. The molecule has 1 saturated heterocycles. The van der Waals surface area contributed by atoms with Crippen LogP contribution in [0.1, 0.15) is 5.56 Å². The highest BCUT2D eigenvalue weighted by molar-refractivity contribution is 5.80. The third-order valence-electron chi connectivity index (χ3n) is 4.53. The summed E-state index contributed by atoms with van der Waals surface area (Å²) in [5.74, 6) is 2.54. The molecule has 0 spiro atoms. The van der Waals surface area contributed by atoms with Crippen molar-refractivity contribution >= 4 is 11.9 Å². The fourth-order valence-electron chi connectivity index (χ4n) is 3.07. The minimum Gasteiger partial charge on any atom is -0.491 e. The highest BCUT2D eigenvalue weighted by atomic mass is 16.5. The van der Waals surface area contributed by atoms with Crippen LogP contribution in [-0.4, -0.2) is 74.4 Å². The average molecular weight is 384 g/mol. The average Bonchev–Trinajstić information content (AvgIpc) is 2.76. The first-order valence-electron chi connectivity index (χ1n) is 9.48. The maximum atomic E-state index is 5.68. The van der Waals surface area contributed by atoms with E-state index in [1.54, 1.807) is 19.5 Å². The molecule has 1 aromatic carbocycles. The van der Waals surface area contributed by atoms with Crippen LogP contribution < -0.4 is 15.0 Å². The summed E-state index contributed by atoms with van der Waals surface area (Å²) in [7, 11) is 3.49. The molecule has 1 aromatic heterocycles. The van der Waals surface area contributed by atoms with E-state index in [9.17, 15) is 0 Å². The molecule has 8 heteroatoms. The lowest BCUT2D eigenvalue weighted by Crippen LogP contribution is -2.52. The molecule has 1 aliphatic heterocycles. The first kappa shape index (κ1) is 19.9. The molecule has 0 aliphatic carbocycles. The molecular formula is C20H28N6O2. The molecular weight excluding hydrogens is 356 g/mol. The molecule has 150 valence electrons. The van der Waals surface area contributed by atoms with E-state index >= 15 is 0 Å². The van der Waals surface area contributed by atoms with Crippen LogP contribution in [0.2, 0.25) is 0 Å². The van der Waals surface area contributed by atoms with Gasteiger partial charge in [-0.1, -0.05) is 12.1 Å². The summed E-state index contributed by atoms with van der Waals surface area (Å²) in [6.07, 6.45) is 3.56. The van der Waals surface area contributed by atoms with E-state index in [0.717, 1.165) is 49.4 Å². The fourth-order valence-corrected chi connectivity index (χ4v) is 3.07. The third-order valence-corrected chi connectivity index (χ3v) is 4.53. The molecule has 0 saturated carbocycles. The second-order valence-electron chi connectivity index (χ2n) is 6.41. The second-order valence-corrected chi connectivity index (χ2v) is 6.41.